The summed E-state index contributed by atoms with van der Waals surface area (Å²) in [5.74, 6) is -0.480. The van der Waals surface area contributed by atoms with Crippen molar-refractivity contribution in [3.8, 4) is 6.07 Å². The molecule has 5 nitrogen and oxygen atoms in total. The Hall–Kier alpha value is -2.32. The second-order valence-electron chi connectivity index (χ2n) is 5.13. The van der Waals surface area contributed by atoms with Gasteiger partial charge in [0, 0.05) is 29.7 Å². The molecule has 0 saturated carbocycles. The highest BCUT2D eigenvalue weighted by molar-refractivity contribution is 6.31. The van der Waals surface area contributed by atoms with E-state index >= 15 is 0 Å². The molecule has 1 aliphatic heterocycles. The predicted octanol–water partition coefficient (Wildman–Crippen LogP) is 2.07. The lowest BCUT2D eigenvalue weighted by Crippen LogP contribution is -2.27. The van der Waals surface area contributed by atoms with Crippen molar-refractivity contribution >= 4 is 34.1 Å². The molecule has 1 amide bonds. The van der Waals surface area contributed by atoms with Gasteiger partial charge in [0.1, 0.15) is 6.07 Å². The molecule has 21 heavy (non-hydrogen) atoms. The number of nitrogens with two attached hydrogens (primary N) is 1. The lowest BCUT2D eigenvalue weighted by molar-refractivity contribution is -0.121. The molecule has 1 aromatic carbocycles. The molecule has 3 rings (SSSR count). The van der Waals surface area contributed by atoms with E-state index in [1.807, 2.05) is 11.0 Å². The molecule has 106 valence electrons. The molecule has 2 heterocycles. The highest BCUT2D eigenvalue weighted by atomic mass is 35.5. The van der Waals surface area contributed by atoms with Crippen LogP contribution in [0.5, 0.6) is 0 Å². The van der Waals surface area contributed by atoms with Crippen molar-refractivity contribution in [1.29, 1.82) is 5.26 Å². The maximum atomic E-state index is 11.3. The van der Waals surface area contributed by atoms with Crippen LogP contribution in [0.15, 0.2) is 24.4 Å². The van der Waals surface area contributed by atoms with Crippen LogP contribution in [0.4, 0.5) is 5.69 Å². The van der Waals surface area contributed by atoms with Gasteiger partial charge in [-0.3, -0.25) is 9.78 Å². The molecule has 0 bridgehead atoms. The number of fused-ring (bicyclic) bond motifs is 1. The van der Waals surface area contributed by atoms with E-state index in [2.05, 4.69) is 11.1 Å². The first-order valence-corrected chi connectivity index (χ1v) is 7.00. The zero-order valence-electron chi connectivity index (χ0n) is 11.2. The number of nitrogens with zero attached hydrogens (tertiary/aromatic N) is 3. The third-order valence-electron chi connectivity index (χ3n) is 3.83. The van der Waals surface area contributed by atoms with Crippen molar-refractivity contribution in [3.63, 3.8) is 0 Å². The van der Waals surface area contributed by atoms with E-state index in [9.17, 15) is 10.1 Å². The summed E-state index contributed by atoms with van der Waals surface area (Å²) in [4.78, 5) is 17.6. The minimum absolute atomic E-state index is 0.182. The standard InChI is InChI=1S/C15H13ClN4O/c16-11-1-2-13-12(5-11)14(10(6-17)7-19-13)20-4-3-9(8-20)15(18)21/h1-2,5,7,9H,3-4,8H2,(H2,18,21)/t9-/m0/s1. The van der Waals surface area contributed by atoms with E-state index in [1.54, 1.807) is 18.3 Å². The van der Waals surface area contributed by atoms with Crippen molar-refractivity contribution in [3.05, 3.63) is 35.0 Å². The zero-order valence-corrected chi connectivity index (χ0v) is 12.0. The minimum Gasteiger partial charge on any atom is -0.369 e. The van der Waals surface area contributed by atoms with E-state index in [0.717, 1.165) is 16.6 Å². The number of nitriles is 1. The molecule has 1 aromatic heterocycles. The number of carbonyl (C=O) groups excluding carboxylic acids is 1. The summed E-state index contributed by atoms with van der Waals surface area (Å²) in [6, 6.07) is 7.56. The van der Waals surface area contributed by atoms with E-state index < -0.39 is 0 Å². The molecule has 1 atom stereocenters. The molecule has 1 aliphatic rings. The third-order valence-corrected chi connectivity index (χ3v) is 4.06. The summed E-state index contributed by atoms with van der Waals surface area (Å²) in [5.41, 5.74) is 7.42. The molecule has 1 fully saturated rings. The number of aromatic nitrogens is 1. The summed E-state index contributed by atoms with van der Waals surface area (Å²) < 4.78 is 0. The summed E-state index contributed by atoms with van der Waals surface area (Å²) in [5, 5.41) is 10.8. The van der Waals surface area contributed by atoms with E-state index in [0.29, 0.717) is 30.1 Å². The summed E-state index contributed by atoms with van der Waals surface area (Å²) >= 11 is 6.07. The van der Waals surface area contributed by atoms with Gasteiger partial charge < -0.3 is 10.6 Å². The molecule has 0 spiro atoms. The van der Waals surface area contributed by atoms with Crippen LogP contribution in [0.3, 0.4) is 0 Å². The number of hydrogen-bond acceptors (Lipinski definition) is 4. The maximum Gasteiger partial charge on any atom is 0.222 e. The summed E-state index contributed by atoms with van der Waals surface area (Å²) in [6.45, 7) is 1.21. The van der Waals surface area contributed by atoms with Gasteiger partial charge in [-0.25, -0.2) is 0 Å². The third kappa shape index (κ3) is 2.39. The molecular formula is C15H13ClN4O. The Labute approximate surface area is 126 Å². The van der Waals surface area contributed by atoms with Crippen LogP contribution in [0.2, 0.25) is 5.02 Å². The van der Waals surface area contributed by atoms with Gasteiger partial charge in [-0.2, -0.15) is 5.26 Å². The monoisotopic (exact) mass is 300 g/mol. The SMILES string of the molecule is N#Cc1cnc2ccc(Cl)cc2c1N1CC[C@H](C(N)=O)C1. The smallest absolute Gasteiger partial charge is 0.222 e. The van der Waals surface area contributed by atoms with Crippen LogP contribution in [-0.2, 0) is 4.79 Å². The average Bonchev–Trinajstić information content (AvgIpc) is 2.95. The molecule has 0 radical (unpaired) electrons. The number of halogens is 1. The normalized spacial score (nSPS) is 17.9. The zero-order chi connectivity index (χ0) is 15.0. The van der Waals surface area contributed by atoms with Gasteiger partial charge in [-0.15, -0.1) is 0 Å². The van der Waals surface area contributed by atoms with E-state index in [-0.39, 0.29) is 11.8 Å². The first-order chi connectivity index (χ1) is 10.1. The Balaban J connectivity index is 2.14. The lowest BCUT2D eigenvalue weighted by atomic mass is 10.1. The fraction of sp³-hybridized carbons (Fsp3) is 0.267. The number of benzene rings is 1. The van der Waals surface area contributed by atoms with Gasteiger partial charge in [0.15, 0.2) is 0 Å². The highest BCUT2D eigenvalue weighted by Gasteiger charge is 2.29. The number of rotatable bonds is 2. The first-order valence-electron chi connectivity index (χ1n) is 6.63. The molecule has 2 aromatic rings. The van der Waals surface area contributed by atoms with Gasteiger partial charge in [-0.1, -0.05) is 11.6 Å². The van der Waals surface area contributed by atoms with Gasteiger partial charge in [-0.05, 0) is 24.6 Å². The Morgan fingerprint density at radius 3 is 3.00 bits per heavy atom. The number of anilines is 1. The van der Waals surface area contributed by atoms with Crippen molar-refractivity contribution in [2.24, 2.45) is 11.7 Å². The number of amides is 1. The Morgan fingerprint density at radius 2 is 2.33 bits per heavy atom. The van der Waals surface area contributed by atoms with Gasteiger partial charge in [0.2, 0.25) is 5.91 Å². The van der Waals surface area contributed by atoms with Crippen molar-refractivity contribution in [2.75, 3.05) is 18.0 Å². The van der Waals surface area contributed by atoms with Gasteiger partial charge in [0.05, 0.1) is 22.7 Å². The molecule has 6 heteroatoms. The van der Waals surface area contributed by atoms with Crippen molar-refractivity contribution in [1.82, 2.24) is 4.98 Å². The number of carbonyl (C=O) groups is 1. The van der Waals surface area contributed by atoms with Crippen LogP contribution in [0.25, 0.3) is 10.9 Å². The second-order valence-corrected chi connectivity index (χ2v) is 5.56. The number of hydrogen-bond donors (Lipinski definition) is 1. The fourth-order valence-electron chi connectivity index (χ4n) is 2.77. The maximum absolute atomic E-state index is 11.3. The van der Waals surface area contributed by atoms with Crippen LogP contribution in [0.1, 0.15) is 12.0 Å². The fourth-order valence-corrected chi connectivity index (χ4v) is 2.94. The highest BCUT2D eigenvalue weighted by Crippen LogP contribution is 2.34. The van der Waals surface area contributed by atoms with Crippen molar-refractivity contribution in [2.45, 2.75) is 6.42 Å². The van der Waals surface area contributed by atoms with Crippen LogP contribution < -0.4 is 10.6 Å². The lowest BCUT2D eigenvalue weighted by Gasteiger charge is -2.21. The van der Waals surface area contributed by atoms with Gasteiger partial charge in [0.25, 0.3) is 0 Å². The van der Waals surface area contributed by atoms with E-state index in [1.165, 1.54) is 0 Å². The summed E-state index contributed by atoms with van der Waals surface area (Å²) in [6.07, 6.45) is 2.26. The molecule has 0 unspecified atom stereocenters. The van der Waals surface area contributed by atoms with Gasteiger partial charge >= 0.3 is 0 Å². The number of primary amides is 1. The Morgan fingerprint density at radius 1 is 1.52 bits per heavy atom. The van der Waals surface area contributed by atoms with Crippen LogP contribution in [-0.4, -0.2) is 24.0 Å². The molecular weight excluding hydrogens is 288 g/mol. The summed E-state index contributed by atoms with van der Waals surface area (Å²) in [7, 11) is 0. The molecule has 0 aliphatic carbocycles. The average molecular weight is 301 g/mol. The first kappa shape index (κ1) is 13.7. The molecule has 1 saturated heterocycles. The Kier molecular flexibility index (Phi) is 3.40. The molecule has 2 N–H and O–H groups in total. The Bertz CT molecular complexity index is 768. The van der Waals surface area contributed by atoms with Crippen LogP contribution >= 0.6 is 11.6 Å². The van der Waals surface area contributed by atoms with Crippen LogP contribution in [0, 0.1) is 17.2 Å². The number of pyridine rings is 1. The largest absolute Gasteiger partial charge is 0.369 e. The predicted molar refractivity (Wildman–Crippen MR) is 81.0 cm³/mol. The van der Waals surface area contributed by atoms with E-state index in [4.69, 9.17) is 17.3 Å². The quantitative estimate of drug-likeness (QED) is 0.920. The topological polar surface area (TPSA) is 83.0 Å². The second kappa shape index (κ2) is 5.23. The van der Waals surface area contributed by atoms with Crippen molar-refractivity contribution < 1.29 is 4.79 Å². The minimum atomic E-state index is -0.299.